The van der Waals surface area contributed by atoms with Gasteiger partial charge in [-0.05, 0) is 99.3 Å². The minimum atomic E-state index is -0.811. The molecule has 58 heavy (non-hydrogen) atoms. The molecule has 0 spiro atoms. The van der Waals surface area contributed by atoms with Crippen LogP contribution in [0.5, 0.6) is 0 Å². The largest absolute Gasteiger partial charge is 0.464 e. The second-order valence-corrected chi connectivity index (χ2v) is 19.6. The van der Waals surface area contributed by atoms with Crippen LogP contribution < -0.4 is 10.7 Å². The van der Waals surface area contributed by atoms with Crippen molar-refractivity contribution in [2.45, 2.75) is 116 Å². The molecule has 4 aliphatic heterocycles. The van der Waals surface area contributed by atoms with Gasteiger partial charge in [0.25, 0.3) is 5.91 Å². The number of esters is 1. The molecule has 0 radical (unpaired) electrons. The van der Waals surface area contributed by atoms with Crippen molar-refractivity contribution in [3.05, 3.63) is 53.3 Å². The maximum absolute atomic E-state index is 14.3. The Hall–Kier alpha value is -3.78. The smallest absolute Gasteiger partial charge is 0.324 e. The van der Waals surface area contributed by atoms with Crippen LogP contribution in [0.4, 0.5) is 0 Å². The summed E-state index contributed by atoms with van der Waals surface area (Å²) in [6.45, 7) is 17.4. The molecule has 8 atom stereocenters. The van der Waals surface area contributed by atoms with Crippen molar-refractivity contribution in [3.8, 4) is 11.3 Å². The van der Waals surface area contributed by atoms with Gasteiger partial charge in [-0.25, -0.2) is 5.43 Å². The number of aliphatic imine (C=N–C) groups is 1. The Morgan fingerprint density at radius 1 is 1.09 bits per heavy atom. The van der Waals surface area contributed by atoms with Gasteiger partial charge in [0.15, 0.2) is 0 Å². The molecule has 2 amide bonds. The fourth-order valence-corrected chi connectivity index (χ4v) is 10.9. The van der Waals surface area contributed by atoms with Gasteiger partial charge in [0.2, 0.25) is 5.91 Å². The van der Waals surface area contributed by atoms with Crippen molar-refractivity contribution in [3.63, 3.8) is 0 Å². The molecular weight excluding hydrogens is 751 g/mol. The van der Waals surface area contributed by atoms with Crippen LogP contribution in [0.3, 0.4) is 0 Å². The van der Waals surface area contributed by atoms with Crippen LogP contribution in [-0.2, 0) is 36.8 Å². The van der Waals surface area contributed by atoms with E-state index in [0.29, 0.717) is 32.2 Å². The van der Waals surface area contributed by atoms with Gasteiger partial charge in [-0.1, -0.05) is 40.7 Å². The summed E-state index contributed by atoms with van der Waals surface area (Å²) in [5.74, 6) is -0.282. The van der Waals surface area contributed by atoms with Gasteiger partial charge in [0.05, 0.1) is 35.2 Å². The number of carbonyl (C=O) groups is 3. The predicted octanol–water partition coefficient (Wildman–Crippen LogP) is 6.48. The number of amides is 2. The number of carbonyl (C=O) groups excluding carboxylic acids is 3. The second kappa shape index (κ2) is 16.7. The lowest BCUT2D eigenvalue weighted by atomic mass is 9.84. The number of pyridine rings is 1. The van der Waals surface area contributed by atoms with Gasteiger partial charge in [-0.15, -0.1) is 11.8 Å². The third kappa shape index (κ3) is 8.20. The van der Waals surface area contributed by atoms with E-state index in [9.17, 15) is 14.4 Å². The van der Waals surface area contributed by atoms with E-state index in [0.717, 1.165) is 64.6 Å². The first-order chi connectivity index (χ1) is 27.8. The van der Waals surface area contributed by atoms with Crippen LogP contribution in [0, 0.1) is 23.2 Å². The number of fused-ring (bicyclic) bond motifs is 5. The van der Waals surface area contributed by atoms with E-state index in [1.807, 2.05) is 19.2 Å². The molecule has 3 aromatic rings. The van der Waals surface area contributed by atoms with Crippen molar-refractivity contribution in [2.75, 3.05) is 39.9 Å². The lowest BCUT2D eigenvalue weighted by Gasteiger charge is -2.35. The summed E-state index contributed by atoms with van der Waals surface area (Å²) in [5, 5.41) is 6.78. The Labute approximate surface area is 347 Å². The van der Waals surface area contributed by atoms with Crippen molar-refractivity contribution in [1.82, 2.24) is 30.2 Å². The van der Waals surface area contributed by atoms with Crippen molar-refractivity contribution in [2.24, 2.45) is 28.2 Å². The number of nitrogens with zero attached hydrogens (tertiary/aromatic N) is 5. The number of benzene rings is 1. The Kier molecular flexibility index (Phi) is 11.8. The number of thioether (sulfide) groups is 1. The summed E-state index contributed by atoms with van der Waals surface area (Å²) in [6, 6.07) is 9.38. The highest BCUT2D eigenvalue weighted by Crippen LogP contribution is 2.46. The molecule has 8 rings (SSSR count). The van der Waals surface area contributed by atoms with E-state index < -0.39 is 17.5 Å². The monoisotopic (exact) mass is 811 g/mol. The molecule has 6 bridgehead atoms. The summed E-state index contributed by atoms with van der Waals surface area (Å²) < 4.78 is 14.5. The molecule has 12 nitrogen and oxygen atoms in total. The number of cyclic esters (lactones) is 1. The van der Waals surface area contributed by atoms with Gasteiger partial charge in [-0.2, -0.15) is 0 Å². The highest BCUT2D eigenvalue weighted by Gasteiger charge is 2.49. The first-order valence-electron chi connectivity index (χ1n) is 21.5. The number of nitrogens with one attached hydrogen (secondary N) is 2. The summed E-state index contributed by atoms with van der Waals surface area (Å²) in [5.41, 5.74) is 9.28. The highest BCUT2D eigenvalue weighted by atomic mass is 32.2. The van der Waals surface area contributed by atoms with Crippen molar-refractivity contribution >= 4 is 45.5 Å². The SMILES string of the molecule is CO[C@@H](C)c1ncccc1-c1c2c3cc(ccc3n1CCN1CCCC1)C1N=C(C[C@H](NC(=O)C3[C@@H](C)[C@H]3C)C(=O)N3CCC[C@H](N3)C(=O)OCC(C)(C)C2)SC1C. The lowest BCUT2D eigenvalue weighted by Crippen LogP contribution is -2.60. The average molecular weight is 812 g/mol. The Bertz CT molecular complexity index is 2070. The number of rotatable bonds is 8. The minimum Gasteiger partial charge on any atom is -0.464 e. The van der Waals surface area contributed by atoms with E-state index in [-0.39, 0.29) is 59.5 Å². The summed E-state index contributed by atoms with van der Waals surface area (Å²) in [4.78, 5) is 54.4. The topological polar surface area (TPSA) is 130 Å². The van der Waals surface area contributed by atoms with Gasteiger partial charge in [0, 0.05) is 72.4 Å². The second-order valence-electron chi connectivity index (χ2n) is 18.2. The lowest BCUT2D eigenvalue weighted by molar-refractivity contribution is -0.155. The normalized spacial score (nSPS) is 29.5. The van der Waals surface area contributed by atoms with Crippen LogP contribution in [0.1, 0.15) is 103 Å². The fraction of sp³-hybridized carbons (Fsp3) is 0.622. The molecule has 6 heterocycles. The van der Waals surface area contributed by atoms with Crippen LogP contribution in [-0.4, -0.2) is 99.5 Å². The van der Waals surface area contributed by atoms with Gasteiger partial charge >= 0.3 is 5.97 Å². The number of methoxy groups -OCH3 is 1. The standard InChI is InChI=1S/C45H61N7O5S/c1-26-27(2)38(26)42(53)47-35-23-37-48-40(29(4)58-37)30-14-15-36-32(22-30)33(24-45(5,6)25-57-44(55)34-13-11-19-52(49-34)43(35)54)41(51(36)21-20-50-17-8-9-18-50)31-12-10-16-46-39(31)28(3)56-7/h10,12,14-16,22,26-29,34-35,38,40,49H,8-9,11,13,17-21,23-25H2,1-7H3,(H,47,53)/t26-,27+,28-,29?,34-,35-,38?,40?/m0/s1. The number of ether oxygens (including phenoxy) is 2. The summed E-state index contributed by atoms with van der Waals surface area (Å²) in [6.07, 6.45) is 6.21. The number of hydrogen-bond donors (Lipinski definition) is 2. The molecular formula is C45H61N7O5S. The van der Waals surface area contributed by atoms with Crippen molar-refractivity contribution in [1.29, 1.82) is 0 Å². The minimum absolute atomic E-state index is 0.0939. The summed E-state index contributed by atoms with van der Waals surface area (Å²) in [7, 11) is 1.73. The van der Waals surface area contributed by atoms with Gasteiger partial charge in [0.1, 0.15) is 12.1 Å². The number of hydrazine groups is 1. The molecule has 5 aliphatic rings. The molecule has 312 valence electrons. The first-order valence-corrected chi connectivity index (χ1v) is 22.3. The molecule has 1 saturated carbocycles. The molecule has 2 N–H and O–H groups in total. The Morgan fingerprint density at radius 3 is 2.60 bits per heavy atom. The maximum Gasteiger partial charge on any atom is 0.324 e. The molecule has 2 aromatic heterocycles. The van der Waals surface area contributed by atoms with E-state index in [1.54, 1.807) is 18.9 Å². The maximum atomic E-state index is 14.3. The Balaban J connectivity index is 1.25. The molecule has 3 fully saturated rings. The van der Waals surface area contributed by atoms with Crippen LogP contribution in [0.25, 0.3) is 22.2 Å². The van der Waals surface area contributed by atoms with E-state index in [2.05, 4.69) is 79.1 Å². The zero-order valence-electron chi connectivity index (χ0n) is 35.3. The number of aromatic nitrogens is 2. The number of hydrogen-bond acceptors (Lipinski definition) is 10. The average Bonchev–Trinajstić information content (AvgIpc) is 3.63. The van der Waals surface area contributed by atoms with Gasteiger partial charge < -0.3 is 24.3 Å². The molecule has 3 unspecified atom stereocenters. The van der Waals surface area contributed by atoms with E-state index in [4.69, 9.17) is 19.5 Å². The van der Waals surface area contributed by atoms with Crippen LogP contribution in [0.2, 0.25) is 0 Å². The third-order valence-electron chi connectivity index (χ3n) is 13.4. The quantitative estimate of drug-likeness (QED) is 0.246. The molecule has 1 aliphatic carbocycles. The fourth-order valence-electron chi connectivity index (χ4n) is 9.64. The molecule has 1 aromatic carbocycles. The third-order valence-corrected chi connectivity index (χ3v) is 14.5. The van der Waals surface area contributed by atoms with E-state index >= 15 is 0 Å². The first kappa shape index (κ1) is 41.0. The summed E-state index contributed by atoms with van der Waals surface area (Å²) >= 11 is 1.68. The molecule has 2 saturated heterocycles. The van der Waals surface area contributed by atoms with Gasteiger partial charge in [-0.3, -0.25) is 29.4 Å². The van der Waals surface area contributed by atoms with E-state index in [1.165, 1.54) is 23.4 Å². The highest BCUT2D eigenvalue weighted by molar-refractivity contribution is 8.14. The zero-order chi connectivity index (χ0) is 40.9. The van der Waals surface area contributed by atoms with Crippen LogP contribution >= 0.6 is 11.8 Å². The Morgan fingerprint density at radius 2 is 1.86 bits per heavy atom. The van der Waals surface area contributed by atoms with Crippen molar-refractivity contribution < 1.29 is 23.9 Å². The van der Waals surface area contributed by atoms with Crippen LogP contribution in [0.15, 0.2) is 41.5 Å². The molecule has 13 heteroatoms. The zero-order valence-corrected chi connectivity index (χ0v) is 36.1. The predicted molar refractivity (Wildman–Crippen MR) is 228 cm³/mol. The number of likely N-dealkylation sites (tertiary alicyclic amines) is 1.